The Balaban J connectivity index is 2.23. The van der Waals surface area contributed by atoms with Gasteiger partial charge in [0, 0.05) is 45.0 Å². The van der Waals surface area contributed by atoms with Gasteiger partial charge in [0.1, 0.15) is 29.5 Å². The van der Waals surface area contributed by atoms with Crippen LogP contribution in [0.3, 0.4) is 0 Å². The summed E-state index contributed by atoms with van der Waals surface area (Å²) >= 11 is 0. The predicted octanol–water partition coefficient (Wildman–Crippen LogP) is 3.41. The highest BCUT2D eigenvalue weighted by atomic mass is 16.7. The van der Waals surface area contributed by atoms with Crippen molar-refractivity contribution >= 4 is 11.9 Å². The average molecular weight is 844 g/mol. The molecule has 3 rings (SSSR count). The molecule has 18 atom stereocenters. The molecule has 0 radical (unpaired) electrons. The first-order valence-electron chi connectivity index (χ1n) is 21.4. The largest absolute Gasteiger partial charge is 0.459 e. The molecule has 0 aromatic rings. The number of aliphatic hydroxyl groups excluding tert-OH is 1. The summed E-state index contributed by atoms with van der Waals surface area (Å²) in [6.07, 6.45) is -7.47. The fraction of sp³-hybridized carbons (Fsp3) is 0.930. The van der Waals surface area contributed by atoms with E-state index in [1.165, 1.54) is 21.0 Å². The molecule has 3 aliphatic rings. The minimum Gasteiger partial charge on any atom is -0.459 e. The molecule has 342 valence electrons. The summed E-state index contributed by atoms with van der Waals surface area (Å²) in [5.41, 5.74) is -4.45. The Morgan fingerprint density at radius 2 is 1.66 bits per heavy atom. The van der Waals surface area contributed by atoms with Crippen LogP contribution >= 0.6 is 0 Å². The van der Waals surface area contributed by atoms with E-state index in [1.807, 2.05) is 51.7 Å². The molecule has 59 heavy (non-hydrogen) atoms. The second-order valence-electron chi connectivity index (χ2n) is 18.5. The van der Waals surface area contributed by atoms with E-state index >= 15 is 0 Å². The van der Waals surface area contributed by atoms with E-state index in [9.17, 15) is 30.2 Å². The van der Waals surface area contributed by atoms with Gasteiger partial charge in [0.15, 0.2) is 18.7 Å². The molecular formula is C43H77N3O13. The van der Waals surface area contributed by atoms with Crippen LogP contribution in [0.4, 0.5) is 0 Å². The number of nitriles is 1. The van der Waals surface area contributed by atoms with Gasteiger partial charge in [-0.2, -0.15) is 5.26 Å². The number of esters is 2. The molecule has 3 heterocycles. The lowest BCUT2D eigenvalue weighted by atomic mass is 9.77. The SMILES string of the molecule is CC[C@H]1OC(=O)[C@H](C)[C@@H](O[C@H]2C[C@@](C)(OC)[C@@H](OC(C)=O)[C@H](C)O2)[C@H](C)[C@@H](O[C@@H]2O[C@H](C)C[C@H](N(C)C)[C@H]2OCCC#N)[C@](C)(O)C[C@@H](C)CN(C)[C@H](C)[C@@H](O)[C@]1(C)O. The summed E-state index contributed by atoms with van der Waals surface area (Å²) in [6, 6.07) is 1.42. The molecule has 3 fully saturated rings. The Bertz CT molecular complexity index is 1390. The molecule has 16 heteroatoms. The average Bonchev–Trinajstić information content (AvgIpc) is 3.14. The van der Waals surface area contributed by atoms with Crippen molar-refractivity contribution in [3.05, 3.63) is 0 Å². The maximum absolute atomic E-state index is 14.4. The van der Waals surface area contributed by atoms with Crippen molar-refractivity contribution in [1.82, 2.24) is 9.80 Å². The van der Waals surface area contributed by atoms with Gasteiger partial charge in [-0.3, -0.25) is 9.59 Å². The van der Waals surface area contributed by atoms with Crippen LogP contribution in [0.2, 0.25) is 0 Å². The molecule has 0 saturated carbocycles. The third kappa shape index (κ3) is 12.6. The minimum atomic E-state index is -1.83. The van der Waals surface area contributed by atoms with E-state index in [1.54, 1.807) is 41.5 Å². The fourth-order valence-electron chi connectivity index (χ4n) is 9.53. The third-order valence-corrected chi connectivity index (χ3v) is 13.0. The number of hydrogen-bond acceptors (Lipinski definition) is 16. The number of rotatable bonds is 11. The molecule has 0 spiro atoms. The number of ether oxygens (including phenoxy) is 8. The second kappa shape index (κ2) is 21.4. The Morgan fingerprint density at radius 1 is 1.02 bits per heavy atom. The number of aliphatic hydroxyl groups is 3. The van der Waals surface area contributed by atoms with Crippen molar-refractivity contribution in [3.63, 3.8) is 0 Å². The zero-order chi connectivity index (χ0) is 44.8. The fourth-order valence-corrected chi connectivity index (χ4v) is 9.53. The maximum Gasteiger partial charge on any atom is 0.311 e. The highest BCUT2D eigenvalue weighted by Gasteiger charge is 2.54. The van der Waals surface area contributed by atoms with E-state index in [2.05, 4.69) is 6.07 Å². The second-order valence-corrected chi connectivity index (χ2v) is 18.5. The number of hydrogen-bond donors (Lipinski definition) is 3. The third-order valence-electron chi connectivity index (χ3n) is 13.0. The summed E-state index contributed by atoms with van der Waals surface area (Å²) in [5, 5.41) is 45.6. The minimum absolute atomic E-state index is 0.112. The normalized spacial score (nSPS) is 44.8. The zero-order valence-electron chi connectivity index (χ0n) is 38.4. The topological polar surface area (TPSA) is 199 Å². The highest BCUT2D eigenvalue weighted by molar-refractivity contribution is 5.73. The Hall–Kier alpha value is -2.01. The van der Waals surface area contributed by atoms with Gasteiger partial charge in [0.05, 0.1) is 55.0 Å². The Kier molecular flexibility index (Phi) is 18.6. The molecule has 0 unspecified atom stereocenters. The van der Waals surface area contributed by atoms with Crippen molar-refractivity contribution in [3.8, 4) is 6.07 Å². The lowest BCUT2D eigenvalue weighted by Gasteiger charge is -2.49. The van der Waals surface area contributed by atoms with E-state index in [-0.39, 0.29) is 50.4 Å². The zero-order valence-corrected chi connectivity index (χ0v) is 38.4. The van der Waals surface area contributed by atoms with E-state index in [0.717, 1.165) is 0 Å². The van der Waals surface area contributed by atoms with Gasteiger partial charge < -0.3 is 63.0 Å². The van der Waals surface area contributed by atoms with E-state index in [0.29, 0.717) is 13.0 Å². The van der Waals surface area contributed by atoms with Crippen molar-refractivity contribution in [2.75, 3.05) is 41.4 Å². The smallest absolute Gasteiger partial charge is 0.311 e. The monoisotopic (exact) mass is 844 g/mol. The molecule has 16 nitrogen and oxygen atoms in total. The lowest BCUT2D eigenvalue weighted by molar-refractivity contribution is -0.321. The predicted molar refractivity (Wildman–Crippen MR) is 218 cm³/mol. The first-order valence-corrected chi connectivity index (χ1v) is 21.4. The standard InChI is InChI=1S/C43H77N3O13/c1-16-32-43(11,51)36(48)28(6)46(14)23-24(2)21-41(9,50)37(59-40-35(53-19-17-18-44)31(45(12)13)20-25(3)54-40)26(4)34(27(5)39(49)57-32)58-33-22-42(10,52-15)38(29(7)55-33)56-30(8)47/h24-29,31-38,40,48,50-51H,16-17,19-23H2,1-15H3/t24-,25-,26+,27-,28-,29+,31+,32-,33+,34+,35-,36-,37-,38+,40+,41-,42-,43-/m1/s1. The first-order chi connectivity index (χ1) is 27.3. The summed E-state index contributed by atoms with van der Waals surface area (Å²) < 4.78 is 50.8. The Labute approximate surface area is 353 Å². The summed E-state index contributed by atoms with van der Waals surface area (Å²) in [4.78, 5) is 30.5. The Morgan fingerprint density at radius 3 is 2.22 bits per heavy atom. The molecule has 3 saturated heterocycles. The van der Waals surface area contributed by atoms with Gasteiger partial charge in [0.25, 0.3) is 0 Å². The number of methoxy groups -OCH3 is 1. The van der Waals surface area contributed by atoms with Crippen LogP contribution in [-0.2, 0) is 47.5 Å². The molecule has 0 aromatic carbocycles. The van der Waals surface area contributed by atoms with Gasteiger partial charge in [-0.05, 0) is 94.8 Å². The van der Waals surface area contributed by atoms with Gasteiger partial charge in [-0.1, -0.05) is 20.8 Å². The molecule has 0 amide bonds. The van der Waals surface area contributed by atoms with Crippen LogP contribution in [0.15, 0.2) is 0 Å². The van der Waals surface area contributed by atoms with Gasteiger partial charge >= 0.3 is 11.9 Å². The molecule has 0 bridgehead atoms. The molecule has 3 aliphatic heterocycles. The first kappa shape index (κ1) is 51.3. The van der Waals surface area contributed by atoms with Crippen molar-refractivity contribution in [1.29, 1.82) is 5.26 Å². The molecule has 0 aromatic heterocycles. The number of carbonyl (C=O) groups is 2. The van der Waals surface area contributed by atoms with Crippen molar-refractivity contribution < 1.29 is 62.8 Å². The molecule has 3 N–H and O–H groups in total. The summed E-state index contributed by atoms with van der Waals surface area (Å²) in [7, 11) is 7.26. The number of likely N-dealkylation sites (N-methyl/N-ethyl adjacent to an activating group) is 2. The van der Waals surface area contributed by atoms with Gasteiger partial charge in [-0.25, -0.2) is 0 Å². The van der Waals surface area contributed by atoms with E-state index < -0.39 is 102 Å². The van der Waals surface area contributed by atoms with Crippen molar-refractivity contribution in [2.24, 2.45) is 17.8 Å². The van der Waals surface area contributed by atoms with Gasteiger partial charge in [0.2, 0.25) is 0 Å². The molecule has 0 aliphatic carbocycles. The lowest BCUT2D eigenvalue weighted by Crippen LogP contribution is -2.61. The number of nitrogens with zero attached hydrogens (tertiary/aromatic N) is 3. The van der Waals surface area contributed by atoms with Crippen LogP contribution in [-0.4, -0.2) is 169 Å². The van der Waals surface area contributed by atoms with Crippen LogP contribution in [0.25, 0.3) is 0 Å². The van der Waals surface area contributed by atoms with Crippen LogP contribution < -0.4 is 0 Å². The quantitative estimate of drug-likeness (QED) is 0.202. The van der Waals surface area contributed by atoms with Crippen LogP contribution in [0.5, 0.6) is 0 Å². The summed E-state index contributed by atoms with van der Waals surface area (Å²) in [6.45, 7) is 19.7. The molecular weight excluding hydrogens is 766 g/mol. The van der Waals surface area contributed by atoms with E-state index in [4.69, 9.17) is 37.9 Å². The number of carbonyl (C=O) groups excluding carboxylic acids is 2. The van der Waals surface area contributed by atoms with Crippen LogP contribution in [0.1, 0.15) is 108 Å². The summed E-state index contributed by atoms with van der Waals surface area (Å²) in [5.74, 6) is -3.17. The maximum atomic E-state index is 14.4. The number of cyclic esters (lactones) is 1. The van der Waals surface area contributed by atoms with Crippen LogP contribution in [0, 0.1) is 29.1 Å². The van der Waals surface area contributed by atoms with Gasteiger partial charge in [-0.15, -0.1) is 0 Å². The highest BCUT2D eigenvalue weighted by Crippen LogP contribution is 2.41. The van der Waals surface area contributed by atoms with Crippen molar-refractivity contribution in [2.45, 2.75) is 199 Å².